The Labute approximate surface area is 78.8 Å². The zero-order valence-electron chi connectivity index (χ0n) is 7.21. The predicted octanol–water partition coefficient (Wildman–Crippen LogP) is 2.23. The molecule has 1 rings (SSSR count). The van der Waals surface area contributed by atoms with Gasteiger partial charge in [-0.2, -0.15) is 13.2 Å². The van der Waals surface area contributed by atoms with E-state index in [0.717, 1.165) is 18.5 Å². The molecule has 0 aliphatic rings. The molecule has 0 aliphatic carbocycles. The zero-order valence-corrected chi connectivity index (χ0v) is 7.21. The predicted molar refractivity (Wildman–Crippen MR) is 43.6 cm³/mol. The molecule has 0 aromatic carbocycles. The standard InChI is InChI=1S/C9H8F3NO/c10-9(11,12)8-3-4-13-6-7(8)2-1-5-14/h3-6H,1-2H2. The summed E-state index contributed by atoms with van der Waals surface area (Å²) in [6, 6.07) is 0.917. The second-order valence-corrected chi connectivity index (χ2v) is 2.74. The van der Waals surface area contributed by atoms with E-state index in [0.29, 0.717) is 6.29 Å². The van der Waals surface area contributed by atoms with Crippen LogP contribution in [0.25, 0.3) is 0 Å². The van der Waals surface area contributed by atoms with Gasteiger partial charge in [-0.05, 0) is 18.1 Å². The summed E-state index contributed by atoms with van der Waals surface area (Å²) in [4.78, 5) is 13.6. The number of aromatic nitrogens is 1. The number of hydrogen-bond acceptors (Lipinski definition) is 2. The minimum Gasteiger partial charge on any atom is -0.303 e. The number of aldehydes is 1. The maximum Gasteiger partial charge on any atom is 0.416 e. The summed E-state index contributed by atoms with van der Waals surface area (Å²) in [6.07, 6.45) is -1.39. The first kappa shape index (κ1) is 10.7. The van der Waals surface area contributed by atoms with Gasteiger partial charge >= 0.3 is 6.18 Å². The van der Waals surface area contributed by atoms with Gasteiger partial charge in [0.1, 0.15) is 6.29 Å². The third kappa shape index (κ3) is 2.55. The van der Waals surface area contributed by atoms with Gasteiger partial charge in [0.2, 0.25) is 0 Å². The van der Waals surface area contributed by atoms with Crippen molar-refractivity contribution in [2.45, 2.75) is 19.0 Å². The molecular formula is C9H8F3NO. The second kappa shape index (κ2) is 4.21. The van der Waals surface area contributed by atoms with Crippen LogP contribution in [0.15, 0.2) is 18.5 Å². The fourth-order valence-corrected chi connectivity index (χ4v) is 1.12. The van der Waals surface area contributed by atoms with Crippen molar-refractivity contribution in [1.82, 2.24) is 4.98 Å². The van der Waals surface area contributed by atoms with Crippen LogP contribution in [-0.4, -0.2) is 11.3 Å². The van der Waals surface area contributed by atoms with Crippen LogP contribution in [0.5, 0.6) is 0 Å². The third-order valence-corrected chi connectivity index (χ3v) is 1.74. The number of carbonyl (C=O) groups is 1. The molecule has 14 heavy (non-hydrogen) atoms. The van der Waals surface area contributed by atoms with Crippen molar-refractivity contribution in [2.75, 3.05) is 0 Å². The molecule has 0 fully saturated rings. The minimum atomic E-state index is -4.37. The Morgan fingerprint density at radius 1 is 1.43 bits per heavy atom. The van der Waals surface area contributed by atoms with E-state index < -0.39 is 11.7 Å². The van der Waals surface area contributed by atoms with Crippen LogP contribution in [0.3, 0.4) is 0 Å². The molecular weight excluding hydrogens is 195 g/mol. The van der Waals surface area contributed by atoms with Crippen molar-refractivity contribution in [1.29, 1.82) is 0 Å². The Morgan fingerprint density at radius 3 is 2.71 bits per heavy atom. The van der Waals surface area contributed by atoms with Crippen LogP contribution < -0.4 is 0 Å². The molecule has 1 aromatic heterocycles. The van der Waals surface area contributed by atoms with Gasteiger partial charge in [0.15, 0.2) is 0 Å². The van der Waals surface area contributed by atoms with Gasteiger partial charge in [-0.1, -0.05) is 0 Å². The van der Waals surface area contributed by atoms with Crippen LogP contribution >= 0.6 is 0 Å². The molecule has 0 saturated carbocycles. The number of aryl methyl sites for hydroxylation is 1. The van der Waals surface area contributed by atoms with Crippen molar-refractivity contribution < 1.29 is 18.0 Å². The molecule has 0 bridgehead atoms. The molecule has 0 unspecified atom stereocenters. The van der Waals surface area contributed by atoms with E-state index in [1.165, 1.54) is 0 Å². The molecule has 0 spiro atoms. The Bertz CT molecular complexity index is 322. The summed E-state index contributed by atoms with van der Waals surface area (Å²) in [5.74, 6) is 0. The summed E-state index contributed by atoms with van der Waals surface area (Å²) in [5.41, 5.74) is -0.651. The highest BCUT2D eigenvalue weighted by Gasteiger charge is 2.32. The van der Waals surface area contributed by atoms with Crippen molar-refractivity contribution >= 4 is 6.29 Å². The van der Waals surface area contributed by atoms with Crippen LogP contribution in [0.1, 0.15) is 17.5 Å². The molecule has 76 valence electrons. The summed E-state index contributed by atoms with van der Waals surface area (Å²) >= 11 is 0. The molecule has 0 saturated heterocycles. The average Bonchev–Trinajstić information content (AvgIpc) is 2.14. The molecule has 1 aromatic rings. The molecule has 2 nitrogen and oxygen atoms in total. The molecule has 0 radical (unpaired) electrons. The Kier molecular flexibility index (Phi) is 3.22. The van der Waals surface area contributed by atoms with E-state index in [4.69, 9.17) is 0 Å². The summed E-state index contributed by atoms with van der Waals surface area (Å²) in [5, 5.41) is 0. The van der Waals surface area contributed by atoms with Crippen LogP contribution in [0.2, 0.25) is 0 Å². The van der Waals surface area contributed by atoms with Crippen LogP contribution in [0.4, 0.5) is 13.2 Å². The summed E-state index contributed by atoms with van der Waals surface area (Å²) < 4.78 is 37.1. The van der Waals surface area contributed by atoms with Gasteiger partial charge in [0.05, 0.1) is 5.56 Å². The lowest BCUT2D eigenvalue weighted by Gasteiger charge is -2.10. The fraction of sp³-hybridized carbons (Fsp3) is 0.333. The normalized spacial score (nSPS) is 11.4. The Morgan fingerprint density at radius 2 is 2.14 bits per heavy atom. The van der Waals surface area contributed by atoms with Crippen molar-refractivity contribution in [3.8, 4) is 0 Å². The van der Waals surface area contributed by atoms with Gasteiger partial charge < -0.3 is 4.79 Å². The molecule has 1 heterocycles. The smallest absolute Gasteiger partial charge is 0.303 e. The maximum absolute atomic E-state index is 12.4. The van der Waals surface area contributed by atoms with E-state index >= 15 is 0 Å². The number of nitrogens with zero attached hydrogens (tertiary/aromatic N) is 1. The van der Waals surface area contributed by atoms with Gasteiger partial charge in [0.25, 0.3) is 0 Å². The molecule has 0 atom stereocenters. The fourth-order valence-electron chi connectivity index (χ4n) is 1.12. The first-order valence-corrected chi connectivity index (χ1v) is 3.99. The first-order valence-electron chi connectivity index (χ1n) is 3.99. The van der Waals surface area contributed by atoms with E-state index in [1.54, 1.807) is 0 Å². The number of alkyl halides is 3. The zero-order chi connectivity index (χ0) is 10.6. The highest BCUT2D eigenvalue weighted by molar-refractivity contribution is 5.50. The number of hydrogen-bond donors (Lipinski definition) is 0. The van der Waals surface area contributed by atoms with Crippen LogP contribution in [0, 0.1) is 0 Å². The van der Waals surface area contributed by atoms with E-state index in [2.05, 4.69) is 4.98 Å². The number of carbonyl (C=O) groups excluding carboxylic acids is 1. The average molecular weight is 203 g/mol. The monoisotopic (exact) mass is 203 g/mol. The SMILES string of the molecule is O=CCCc1cnccc1C(F)(F)F. The maximum atomic E-state index is 12.4. The minimum absolute atomic E-state index is 0.0621. The van der Waals surface area contributed by atoms with Crippen LogP contribution in [-0.2, 0) is 17.4 Å². The van der Waals surface area contributed by atoms with Crippen molar-refractivity contribution in [3.63, 3.8) is 0 Å². The quantitative estimate of drug-likeness (QED) is 0.705. The first-order chi connectivity index (χ1) is 6.55. The lowest BCUT2D eigenvalue weighted by atomic mass is 10.1. The van der Waals surface area contributed by atoms with E-state index in [1.807, 2.05) is 0 Å². The highest BCUT2D eigenvalue weighted by Crippen LogP contribution is 2.31. The second-order valence-electron chi connectivity index (χ2n) is 2.74. The van der Waals surface area contributed by atoms with Gasteiger partial charge in [-0.25, -0.2) is 0 Å². The largest absolute Gasteiger partial charge is 0.416 e. The van der Waals surface area contributed by atoms with Gasteiger partial charge in [0, 0.05) is 18.8 Å². The molecule has 0 aliphatic heterocycles. The van der Waals surface area contributed by atoms with Gasteiger partial charge in [-0.15, -0.1) is 0 Å². The van der Waals surface area contributed by atoms with E-state index in [-0.39, 0.29) is 18.4 Å². The lowest BCUT2D eigenvalue weighted by molar-refractivity contribution is -0.138. The summed E-state index contributed by atoms with van der Waals surface area (Å²) in [6.45, 7) is 0. The molecule has 5 heteroatoms. The Hall–Kier alpha value is -1.39. The molecule has 0 N–H and O–H groups in total. The number of halogens is 3. The summed E-state index contributed by atoms with van der Waals surface area (Å²) in [7, 11) is 0. The Balaban J connectivity index is 2.97. The third-order valence-electron chi connectivity index (χ3n) is 1.74. The number of rotatable bonds is 3. The molecule has 0 amide bonds. The number of pyridine rings is 1. The lowest BCUT2D eigenvalue weighted by Crippen LogP contribution is -2.09. The van der Waals surface area contributed by atoms with Crippen molar-refractivity contribution in [3.05, 3.63) is 29.6 Å². The highest BCUT2D eigenvalue weighted by atomic mass is 19.4. The van der Waals surface area contributed by atoms with Crippen molar-refractivity contribution in [2.24, 2.45) is 0 Å². The van der Waals surface area contributed by atoms with E-state index in [9.17, 15) is 18.0 Å². The topological polar surface area (TPSA) is 30.0 Å². The van der Waals surface area contributed by atoms with Gasteiger partial charge in [-0.3, -0.25) is 4.98 Å².